The number of benzene rings is 1. The minimum absolute atomic E-state index is 0.0113. The number of ether oxygens (including phenoxy) is 1. The summed E-state index contributed by atoms with van der Waals surface area (Å²) in [7, 11) is 0. The predicted octanol–water partition coefficient (Wildman–Crippen LogP) is 4.04. The van der Waals surface area contributed by atoms with Crippen LogP contribution in [-0.2, 0) is 11.3 Å². The summed E-state index contributed by atoms with van der Waals surface area (Å²) in [4.78, 5) is 19.2. The number of rotatable bonds is 5. The quantitative estimate of drug-likeness (QED) is 0.599. The summed E-state index contributed by atoms with van der Waals surface area (Å²) < 4.78 is 5.94. The number of pyridine rings is 1. The Bertz CT molecular complexity index is 1040. The summed E-state index contributed by atoms with van der Waals surface area (Å²) in [6.07, 6.45) is 0. The molecule has 29 heavy (non-hydrogen) atoms. The number of fused-ring (bicyclic) bond motifs is 1. The Morgan fingerprint density at radius 1 is 1.28 bits per heavy atom. The van der Waals surface area contributed by atoms with Crippen molar-refractivity contribution in [2.24, 2.45) is 0 Å². The van der Waals surface area contributed by atoms with Gasteiger partial charge in [0, 0.05) is 25.2 Å². The van der Waals surface area contributed by atoms with Crippen LogP contribution in [0.1, 0.15) is 41.3 Å². The van der Waals surface area contributed by atoms with Crippen molar-refractivity contribution in [2.75, 3.05) is 26.3 Å². The molecule has 0 spiro atoms. The van der Waals surface area contributed by atoms with Gasteiger partial charge in [0.15, 0.2) is 5.65 Å². The first-order chi connectivity index (χ1) is 14.0. The highest BCUT2D eigenvalue weighted by Crippen LogP contribution is 2.37. The van der Waals surface area contributed by atoms with E-state index in [0.717, 1.165) is 38.4 Å². The minimum Gasteiger partial charge on any atom is -0.478 e. The van der Waals surface area contributed by atoms with Crippen LogP contribution >= 0.6 is 15.9 Å². The highest BCUT2D eigenvalue weighted by atomic mass is 79.9. The molecule has 0 unspecified atom stereocenters. The van der Waals surface area contributed by atoms with Gasteiger partial charge in [-0.3, -0.25) is 10.00 Å². The molecule has 3 heterocycles. The van der Waals surface area contributed by atoms with Gasteiger partial charge in [-0.15, -0.1) is 0 Å². The Morgan fingerprint density at radius 2 is 1.97 bits per heavy atom. The van der Waals surface area contributed by atoms with Gasteiger partial charge in [-0.25, -0.2) is 9.78 Å². The molecule has 0 aliphatic carbocycles. The number of halogens is 1. The van der Waals surface area contributed by atoms with E-state index in [1.54, 1.807) is 0 Å². The number of aromatic amines is 1. The first-order valence-corrected chi connectivity index (χ1v) is 10.4. The molecule has 3 aromatic rings. The van der Waals surface area contributed by atoms with E-state index in [1.165, 1.54) is 5.56 Å². The van der Waals surface area contributed by atoms with Crippen molar-refractivity contribution in [3.05, 3.63) is 45.6 Å². The van der Waals surface area contributed by atoms with Crippen molar-refractivity contribution in [3.8, 4) is 11.3 Å². The number of aromatic nitrogens is 3. The normalized spacial score (nSPS) is 15.3. The number of hydrogen-bond donors (Lipinski definition) is 2. The fourth-order valence-corrected chi connectivity index (χ4v) is 4.29. The lowest BCUT2D eigenvalue weighted by atomic mass is 9.90. The first kappa shape index (κ1) is 20.0. The second-order valence-corrected chi connectivity index (χ2v) is 8.32. The first-order valence-electron chi connectivity index (χ1n) is 9.66. The summed E-state index contributed by atoms with van der Waals surface area (Å²) in [5, 5.41) is 17.4. The largest absolute Gasteiger partial charge is 0.478 e. The number of carboxylic acids is 1. The third-order valence-electron chi connectivity index (χ3n) is 5.22. The Morgan fingerprint density at radius 3 is 2.59 bits per heavy atom. The Balaban J connectivity index is 1.77. The summed E-state index contributed by atoms with van der Waals surface area (Å²) in [6, 6.07) is 8.20. The fourth-order valence-electron chi connectivity index (χ4n) is 3.82. The summed E-state index contributed by atoms with van der Waals surface area (Å²) >= 11 is 3.37. The van der Waals surface area contributed by atoms with Gasteiger partial charge in [-0.2, -0.15) is 5.10 Å². The number of nitrogens with zero attached hydrogens (tertiary/aromatic N) is 3. The van der Waals surface area contributed by atoms with Crippen LogP contribution in [0.2, 0.25) is 0 Å². The van der Waals surface area contributed by atoms with Crippen molar-refractivity contribution in [3.63, 3.8) is 0 Å². The number of H-pyrrole nitrogens is 1. The molecule has 1 aromatic carbocycles. The number of hydrogen-bond acceptors (Lipinski definition) is 5. The standard InChI is InChI=1S/C21H23BrN4O3/c1-12(2)15-16(21(27)28)17-19(22)24-25-20(17)23-18(15)14-5-3-13(4-6-14)11-26-7-9-29-10-8-26/h3-6,12H,7-11H2,1-2H3,(H,27,28)(H,23,24,25). The Labute approximate surface area is 177 Å². The molecule has 2 aromatic heterocycles. The van der Waals surface area contributed by atoms with Gasteiger partial charge in [0.05, 0.1) is 29.9 Å². The topological polar surface area (TPSA) is 91.3 Å². The minimum atomic E-state index is -0.978. The van der Waals surface area contributed by atoms with Gasteiger partial charge in [-0.1, -0.05) is 38.1 Å². The van der Waals surface area contributed by atoms with E-state index in [4.69, 9.17) is 9.72 Å². The van der Waals surface area contributed by atoms with Gasteiger partial charge in [-0.05, 0) is 33.0 Å². The lowest BCUT2D eigenvalue weighted by molar-refractivity contribution is 0.0342. The average Bonchev–Trinajstić information content (AvgIpc) is 3.08. The van der Waals surface area contributed by atoms with E-state index in [2.05, 4.69) is 43.2 Å². The number of nitrogens with one attached hydrogen (secondary N) is 1. The van der Waals surface area contributed by atoms with E-state index >= 15 is 0 Å². The third kappa shape index (κ3) is 3.92. The molecule has 4 rings (SSSR count). The summed E-state index contributed by atoms with van der Waals surface area (Å²) in [5.74, 6) is -0.990. The van der Waals surface area contributed by atoms with E-state index in [1.807, 2.05) is 26.0 Å². The van der Waals surface area contributed by atoms with Gasteiger partial charge >= 0.3 is 5.97 Å². The number of aromatic carboxylic acids is 1. The molecule has 0 atom stereocenters. The van der Waals surface area contributed by atoms with Crippen molar-refractivity contribution < 1.29 is 14.6 Å². The average molecular weight is 459 g/mol. The van der Waals surface area contributed by atoms with Crippen molar-refractivity contribution in [2.45, 2.75) is 26.3 Å². The molecule has 0 radical (unpaired) electrons. The third-order valence-corrected chi connectivity index (χ3v) is 5.80. The molecule has 0 bridgehead atoms. The zero-order chi connectivity index (χ0) is 20.5. The molecule has 0 saturated carbocycles. The summed E-state index contributed by atoms with van der Waals surface area (Å²) in [5.41, 5.74) is 4.13. The number of carboxylic acid groups (broad SMARTS) is 1. The smallest absolute Gasteiger partial charge is 0.336 e. The highest BCUT2D eigenvalue weighted by molar-refractivity contribution is 9.10. The summed E-state index contributed by atoms with van der Waals surface area (Å²) in [6.45, 7) is 8.27. The molecular weight excluding hydrogens is 436 g/mol. The van der Waals surface area contributed by atoms with Gasteiger partial charge in [0.1, 0.15) is 4.60 Å². The molecular formula is C21H23BrN4O3. The predicted molar refractivity (Wildman–Crippen MR) is 114 cm³/mol. The van der Waals surface area contributed by atoms with Gasteiger partial charge < -0.3 is 9.84 Å². The van der Waals surface area contributed by atoms with Crippen LogP contribution < -0.4 is 0 Å². The molecule has 1 aliphatic rings. The molecule has 152 valence electrons. The number of morpholine rings is 1. The molecule has 0 amide bonds. The van der Waals surface area contributed by atoms with Crippen molar-refractivity contribution >= 4 is 32.9 Å². The Hall–Kier alpha value is -2.29. The molecule has 7 nitrogen and oxygen atoms in total. The number of carbonyl (C=O) groups is 1. The zero-order valence-electron chi connectivity index (χ0n) is 16.4. The zero-order valence-corrected chi connectivity index (χ0v) is 18.0. The monoisotopic (exact) mass is 458 g/mol. The molecule has 1 fully saturated rings. The fraction of sp³-hybridized carbons (Fsp3) is 0.381. The SMILES string of the molecule is CC(C)c1c(-c2ccc(CN3CCOCC3)cc2)nc2n[nH]c(Br)c2c1C(=O)O. The van der Waals surface area contributed by atoms with Crippen LogP contribution in [0, 0.1) is 0 Å². The van der Waals surface area contributed by atoms with Crippen LogP contribution in [0.3, 0.4) is 0 Å². The lowest BCUT2D eigenvalue weighted by Crippen LogP contribution is -2.35. The van der Waals surface area contributed by atoms with Crippen LogP contribution in [-0.4, -0.2) is 57.5 Å². The maximum absolute atomic E-state index is 12.1. The molecule has 1 saturated heterocycles. The maximum Gasteiger partial charge on any atom is 0.336 e. The highest BCUT2D eigenvalue weighted by Gasteiger charge is 2.26. The van der Waals surface area contributed by atoms with Crippen LogP contribution in [0.25, 0.3) is 22.3 Å². The van der Waals surface area contributed by atoms with Crippen molar-refractivity contribution in [1.29, 1.82) is 0 Å². The molecule has 2 N–H and O–H groups in total. The molecule has 8 heteroatoms. The van der Waals surface area contributed by atoms with E-state index in [9.17, 15) is 9.90 Å². The van der Waals surface area contributed by atoms with Gasteiger partial charge in [0.25, 0.3) is 0 Å². The van der Waals surface area contributed by atoms with Gasteiger partial charge in [0.2, 0.25) is 0 Å². The van der Waals surface area contributed by atoms with E-state index < -0.39 is 5.97 Å². The molecule has 1 aliphatic heterocycles. The maximum atomic E-state index is 12.1. The van der Waals surface area contributed by atoms with E-state index in [0.29, 0.717) is 26.9 Å². The van der Waals surface area contributed by atoms with Crippen molar-refractivity contribution in [1.82, 2.24) is 20.1 Å². The van der Waals surface area contributed by atoms with Crippen LogP contribution in [0.4, 0.5) is 0 Å². The second kappa shape index (κ2) is 8.22. The Kier molecular flexibility index (Phi) is 5.67. The second-order valence-electron chi connectivity index (χ2n) is 7.53. The van der Waals surface area contributed by atoms with E-state index in [-0.39, 0.29) is 11.5 Å². The van der Waals surface area contributed by atoms with Crippen LogP contribution in [0.15, 0.2) is 28.9 Å². The lowest BCUT2D eigenvalue weighted by Gasteiger charge is -2.26. The van der Waals surface area contributed by atoms with Crippen LogP contribution in [0.5, 0.6) is 0 Å².